The van der Waals surface area contributed by atoms with Crippen LogP contribution in [0.2, 0.25) is 0 Å². The van der Waals surface area contributed by atoms with Gasteiger partial charge in [0.1, 0.15) is 11.5 Å². The van der Waals surface area contributed by atoms with Crippen LogP contribution in [0.1, 0.15) is 60.8 Å². The van der Waals surface area contributed by atoms with Gasteiger partial charge in [-0.2, -0.15) is 9.67 Å². The predicted octanol–water partition coefficient (Wildman–Crippen LogP) is 7.94. The van der Waals surface area contributed by atoms with Crippen LogP contribution in [0.3, 0.4) is 0 Å². The first-order chi connectivity index (χ1) is 17.8. The summed E-state index contributed by atoms with van der Waals surface area (Å²) in [6.07, 6.45) is 16.2. The summed E-state index contributed by atoms with van der Waals surface area (Å²) in [6, 6.07) is 3.63. The van der Waals surface area contributed by atoms with Crippen molar-refractivity contribution in [2.45, 2.75) is 60.8 Å². The largest absolute Gasteiger partial charge is 0.493 e. The Morgan fingerprint density at radius 3 is 2.32 bits per heavy atom. The van der Waals surface area contributed by atoms with E-state index in [-0.39, 0.29) is 5.88 Å². The molecule has 8 nitrogen and oxygen atoms in total. The van der Waals surface area contributed by atoms with Gasteiger partial charge < -0.3 is 15.2 Å². The highest BCUT2D eigenvalue weighted by Gasteiger charge is 2.13. The number of nitrogens with one attached hydrogen (secondary N) is 1. The summed E-state index contributed by atoms with van der Waals surface area (Å²) in [4.78, 5) is 13.0. The molecule has 2 aromatic heterocycles. The summed E-state index contributed by atoms with van der Waals surface area (Å²) in [5, 5.41) is 18.3. The fourth-order valence-electron chi connectivity index (χ4n) is 2.70. The highest BCUT2D eigenvalue weighted by atomic mass is 16.5. The second kappa shape index (κ2) is 17.3. The molecule has 0 saturated carbocycles. The van der Waals surface area contributed by atoms with E-state index in [1.54, 1.807) is 36.7 Å². The van der Waals surface area contributed by atoms with Crippen LogP contribution in [0, 0.1) is 0 Å². The Labute approximate surface area is 221 Å². The smallest absolute Gasteiger partial charge is 0.257 e. The lowest BCUT2D eigenvalue weighted by molar-refractivity contribution is 0.409. The first-order valence-corrected chi connectivity index (χ1v) is 12.3. The maximum Gasteiger partial charge on any atom is 0.257 e. The zero-order valence-electron chi connectivity index (χ0n) is 22.9. The monoisotopic (exact) mass is 504 g/mol. The molecule has 8 heteroatoms. The van der Waals surface area contributed by atoms with Crippen LogP contribution in [-0.2, 0) is 0 Å². The van der Waals surface area contributed by atoms with Crippen molar-refractivity contribution < 1.29 is 9.84 Å². The Morgan fingerprint density at radius 2 is 1.76 bits per heavy atom. The van der Waals surface area contributed by atoms with E-state index in [0.29, 0.717) is 18.3 Å². The molecule has 0 aliphatic heterocycles. The van der Waals surface area contributed by atoms with Crippen molar-refractivity contribution in [3.05, 3.63) is 91.2 Å². The lowest BCUT2D eigenvalue weighted by atomic mass is 10.2. The van der Waals surface area contributed by atoms with Crippen molar-refractivity contribution in [1.29, 1.82) is 0 Å². The SMILES string of the molecule is C=C/C=C(C)/C=C(\O)n1nc(N/C(=C/C=C(\CC)Oc2ccncc2)CC)nc1/N=C(/C)CC.C=CC. The number of aromatic nitrogens is 4. The molecule has 198 valence electrons. The minimum Gasteiger partial charge on any atom is -0.493 e. The third kappa shape index (κ3) is 11.4. The van der Waals surface area contributed by atoms with E-state index in [4.69, 9.17) is 4.74 Å². The molecule has 0 atom stereocenters. The Morgan fingerprint density at radius 1 is 1.08 bits per heavy atom. The number of anilines is 1. The molecule has 0 unspecified atom stereocenters. The van der Waals surface area contributed by atoms with Crippen LogP contribution >= 0.6 is 0 Å². The maximum absolute atomic E-state index is 10.6. The van der Waals surface area contributed by atoms with Gasteiger partial charge in [0.2, 0.25) is 11.8 Å². The number of rotatable bonds is 12. The Balaban J connectivity index is 0.00000217. The van der Waals surface area contributed by atoms with Gasteiger partial charge in [0.15, 0.2) is 0 Å². The summed E-state index contributed by atoms with van der Waals surface area (Å²) in [5.74, 6) is 2.09. The number of allylic oxidation sites excluding steroid dienone is 9. The van der Waals surface area contributed by atoms with Crippen LogP contribution in [0.4, 0.5) is 11.9 Å². The molecule has 0 saturated heterocycles. The Hall–Kier alpha value is -4.20. The number of pyridine rings is 1. The zero-order chi connectivity index (χ0) is 27.6. The number of nitrogens with zero attached hydrogens (tertiary/aromatic N) is 5. The van der Waals surface area contributed by atoms with Crippen molar-refractivity contribution in [3.8, 4) is 5.75 Å². The number of aliphatic hydroxyl groups excluding tert-OH is 1. The zero-order valence-corrected chi connectivity index (χ0v) is 22.9. The highest BCUT2D eigenvalue weighted by Crippen LogP contribution is 2.20. The molecule has 0 amide bonds. The van der Waals surface area contributed by atoms with E-state index in [1.165, 1.54) is 4.68 Å². The molecule has 2 heterocycles. The summed E-state index contributed by atoms with van der Waals surface area (Å²) in [7, 11) is 0. The van der Waals surface area contributed by atoms with Gasteiger partial charge in [-0.3, -0.25) is 4.98 Å². The van der Waals surface area contributed by atoms with Crippen LogP contribution < -0.4 is 10.1 Å². The minimum atomic E-state index is -0.0836. The molecule has 2 aromatic rings. The lowest BCUT2D eigenvalue weighted by Crippen LogP contribution is -2.03. The van der Waals surface area contributed by atoms with Crippen molar-refractivity contribution in [1.82, 2.24) is 19.7 Å². The molecule has 0 spiro atoms. The number of ether oxygens (including phenoxy) is 1. The summed E-state index contributed by atoms with van der Waals surface area (Å²) < 4.78 is 7.23. The van der Waals surface area contributed by atoms with Gasteiger partial charge in [-0.05, 0) is 63.5 Å². The second-order valence-electron chi connectivity index (χ2n) is 7.85. The molecular weight excluding hydrogens is 464 g/mol. The fraction of sp³-hybridized carbons (Fsp3) is 0.310. The van der Waals surface area contributed by atoms with Crippen LogP contribution in [0.25, 0.3) is 5.88 Å². The molecule has 2 N–H and O–H groups in total. The third-order valence-electron chi connectivity index (χ3n) is 4.72. The average molecular weight is 505 g/mol. The number of hydrogen-bond donors (Lipinski definition) is 2. The van der Waals surface area contributed by atoms with E-state index in [0.717, 1.165) is 41.3 Å². The van der Waals surface area contributed by atoms with Gasteiger partial charge in [-0.25, -0.2) is 4.99 Å². The van der Waals surface area contributed by atoms with Crippen LogP contribution in [-0.4, -0.2) is 30.6 Å². The Kier molecular flexibility index (Phi) is 14.4. The molecule has 0 aliphatic rings. The Bertz CT molecular complexity index is 1150. The molecule has 2 rings (SSSR count). The molecule has 0 aliphatic carbocycles. The van der Waals surface area contributed by atoms with E-state index in [2.05, 4.69) is 38.5 Å². The normalized spacial score (nSPS) is 13.0. The number of hydrogen-bond acceptors (Lipinski definition) is 7. The molecule has 0 radical (unpaired) electrons. The number of aliphatic hydroxyl groups is 1. The van der Waals surface area contributed by atoms with Gasteiger partial charge >= 0.3 is 0 Å². The maximum atomic E-state index is 10.6. The van der Waals surface area contributed by atoms with E-state index < -0.39 is 0 Å². The van der Waals surface area contributed by atoms with E-state index in [1.807, 2.05) is 65.8 Å². The van der Waals surface area contributed by atoms with Gasteiger partial charge in [-0.15, -0.1) is 11.7 Å². The summed E-state index contributed by atoms with van der Waals surface area (Å²) >= 11 is 0. The lowest BCUT2D eigenvalue weighted by Gasteiger charge is -2.08. The van der Waals surface area contributed by atoms with E-state index in [9.17, 15) is 5.11 Å². The van der Waals surface area contributed by atoms with Crippen molar-refractivity contribution in [2.75, 3.05) is 5.32 Å². The standard InChI is InChI=1S/C26H34N6O2.C3H6/c1-7-11-19(5)18-24(33)32-26(28-20(6)8-2)30-25(31-32)29-21(9-3)12-13-22(10-4)34-23-14-16-27-17-15-23;1-3-2/h7,11-18,33H,1,8-10H2,2-6H3,(H,29,31);3H,1H2,2H3/b19-11+,21-12+,22-13+,24-18-,28-20-;. The van der Waals surface area contributed by atoms with Crippen LogP contribution in [0.15, 0.2) is 96.2 Å². The van der Waals surface area contributed by atoms with E-state index >= 15 is 0 Å². The van der Waals surface area contributed by atoms with Crippen molar-refractivity contribution in [2.24, 2.45) is 4.99 Å². The summed E-state index contributed by atoms with van der Waals surface area (Å²) in [6.45, 7) is 18.8. The molecule has 0 aromatic carbocycles. The predicted molar refractivity (Wildman–Crippen MR) is 155 cm³/mol. The second-order valence-corrected chi connectivity index (χ2v) is 7.85. The van der Waals surface area contributed by atoms with Gasteiger partial charge in [0.25, 0.3) is 5.95 Å². The molecule has 37 heavy (non-hydrogen) atoms. The molecular formula is C29H40N6O2. The van der Waals surface area contributed by atoms with Gasteiger partial charge in [0, 0.05) is 36.3 Å². The fourth-order valence-corrected chi connectivity index (χ4v) is 2.70. The number of aliphatic imine (C=N–C) groups is 1. The molecule has 0 fully saturated rings. The topological polar surface area (TPSA) is 97.5 Å². The highest BCUT2D eigenvalue weighted by molar-refractivity contribution is 5.83. The van der Waals surface area contributed by atoms with Crippen molar-refractivity contribution in [3.63, 3.8) is 0 Å². The molecule has 0 bridgehead atoms. The van der Waals surface area contributed by atoms with Crippen LogP contribution in [0.5, 0.6) is 5.75 Å². The minimum absolute atomic E-state index is 0.0836. The quantitative estimate of drug-likeness (QED) is 0.132. The van der Waals surface area contributed by atoms with Gasteiger partial charge in [-0.1, -0.05) is 45.6 Å². The first-order valence-electron chi connectivity index (χ1n) is 12.3. The average Bonchev–Trinajstić information content (AvgIpc) is 3.28. The first kappa shape index (κ1) is 30.8. The van der Waals surface area contributed by atoms with Gasteiger partial charge in [0.05, 0.1) is 0 Å². The van der Waals surface area contributed by atoms with Crippen molar-refractivity contribution >= 4 is 23.5 Å². The third-order valence-corrected chi connectivity index (χ3v) is 4.72. The summed E-state index contributed by atoms with van der Waals surface area (Å²) in [5.41, 5.74) is 2.58.